The molecule has 2 N–H and O–H groups in total. The number of benzene rings is 1. The Morgan fingerprint density at radius 2 is 1.71 bits per heavy atom. The summed E-state index contributed by atoms with van der Waals surface area (Å²) < 4.78 is 27.8. The van der Waals surface area contributed by atoms with Crippen LogP contribution in [0.2, 0.25) is 10.0 Å². The van der Waals surface area contributed by atoms with E-state index in [0.717, 1.165) is 0 Å². The Morgan fingerprint density at radius 3 is 2.14 bits per heavy atom. The molecular weight excluding hydrogens is 333 g/mol. The van der Waals surface area contributed by atoms with Crippen molar-refractivity contribution in [2.75, 3.05) is 0 Å². The number of nitrogens with one attached hydrogen (secondary N) is 1. The molecule has 1 fully saturated rings. The Balaban J connectivity index is 2.39. The van der Waals surface area contributed by atoms with Crippen molar-refractivity contribution < 1.29 is 13.5 Å². The van der Waals surface area contributed by atoms with Crippen LogP contribution in [-0.4, -0.2) is 19.6 Å². The quantitative estimate of drug-likeness (QED) is 0.875. The molecule has 7 heteroatoms. The summed E-state index contributed by atoms with van der Waals surface area (Å²) in [4.78, 5) is -0.0592. The molecule has 0 amide bonds. The van der Waals surface area contributed by atoms with Crippen molar-refractivity contribution in [3.8, 4) is 0 Å². The summed E-state index contributed by atoms with van der Waals surface area (Å²) in [6.07, 6.45) is 0. The first-order valence-electron chi connectivity index (χ1n) is 6.57. The van der Waals surface area contributed by atoms with Crippen molar-refractivity contribution in [3.63, 3.8) is 0 Å². The molecule has 2 rings (SSSR count). The van der Waals surface area contributed by atoms with Gasteiger partial charge in [-0.1, -0.05) is 50.9 Å². The zero-order chi connectivity index (χ0) is 16.2. The number of aliphatic hydroxyl groups excluding tert-OH is 1. The van der Waals surface area contributed by atoms with Crippen LogP contribution in [0.25, 0.3) is 0 Å². The Hall–Kier alpha value is -0.330. The zero-order valence-corrected chi connectivity index (χ0v) is 14.7. The zero-order valence-electron chi connectivity index (χ0n) is 12.4. The standard InChI is InChI=1S/C14H19Cl2NO3S/c1-13(2)12(14(13,3)4)17-21(19,20)10-6-5-9(15)8(7-18)11(10)16/h5-6,12,17-18H,7H2,1-4H3. The minimum absolute atomic E-state index is 0.0336. The lowest BCUT2D eigenvalue weighted by molar-refractivity contribution is 0.281. The molecule has 0 aromatic heterocycles. The molecule has 0 aliphatic heterocycles. The highest BCUT2D eigenvalue weighted by molar-refractivity contribution is 7.89. The van der Waals surface area contributed by atoms with E-state index in [2.05, 4.69) is 4.72 Å². The molecule has 1 aliphatic rings. The lowest BCUT2D eigenvalue weighted by atomic mass is 10.0. The normalized spacial score (nSPS) is 20.5. The lowest BCUT2D eigenvalue weighted by Crippen LogP contribution is -2.30. The van der Waals surface area contributed by atoms with Crippen LogP contribution in [-0.2, 0) is 16.6 Å². The first kappa shape index (κ1) is 17.0. The topological polar surface area (TPSA) is 66.4 Å². The van der Waals surface area contributed by atoms with Crippen LogP contribution in [0.4, 0.5) is 0 Å². The summed E-state index contributed by atoms with van der Waals surface area (Å²) in [5, 5.41) is 9.48. The van der Waals surface area contributed by atoms with E-state index in [9.17, 15) is 13.5 Å². The first-order valence-corrected chi connectivity index (χ1v) is 8.81. The maximum Gasteiger partial charge on any atom is 0.242 e. The fourth-order valence-electron chi connectivity index (χ4n) is 2.64. The van der Waals surface area contributed by atoms with E-state index in [0.29, 0.717) is 0 Å². The Morgan fingerprint density at radius 1 is 1.19 bits per heavy atom. The summed E-state index contributed by atoms with van der Waals surface area (Å²) in [5.74, 6) is 0. The van der Waals surface area contributed by atoms with Gasteiger partial charge in [-0.25, -0.2) is 13.1 Å². The van der Waals surface area contributed by atoms with Gasteiger partial charge in [0, 0.05) is 16.6 Å². The van der Waals surface area contributed by atoms with Gasteiger partial charge in [-0.3, -0.25) is 0 Å². The van der Waals surface area contributed by atoms with Crippen molar-refractivity contribution in [3.05, 3.63) is 27.7 Å². The van der Waals surface area contributed by atoms with Crippen molar-refractivity contribution in [1.82, 2.24) is 4.72 Å². The molecule has 0 saturated heterocycles. The largest absolute Gasteiger partial charge is 0.392 e. The minimum Gasteiger partial charge on any atom is -0.392 e. The molecule has 21 heavy (non-hydrogen) atoms. The number of hydrogen-bond donors (Lipinski definition) is 2. The third-order valence-corrected chi connectivity index (χ3v) is 7.26. The third kappa shape index (κ3) is 2.59. The minimum atomic E-state index is -3.77. The van der Waals surface area contributed by atoms with E-state index < -0.39 is 16.6 Å². The summed E-state index contributed by atoms with van der Waals surface area (Å²) in [6.45, 7) is 7.65. The molecule has 0 heterocycles. The Bertz CT molecular complexity index is 670. The van der Waals surface area contributed by atoms with Gasteiger partial charge in [0.2, 0.25) is 10.0 Å². The molecule has 0 atom stereocenters. The fourth-order valence-corrected chi connectivity index (χ4v) is 5.07. The highest BCUT2D eigenvalue weighted by atomic mass is 35.5. The highest BCUT2D eigenvalue weighted by Crippen LogP contribution is 2.63. The summed E-state index contributed by atoms with van der Waals surface area (Å²) in [7, 11) is -3.77. The van der Waals surface area contributed by atoms with Gasteiger partial charge in [0.15, 0.2) is 0 Å². The maximum atomic E-state index is 12.5. The van der Waals surface area contributed by atoms with Crippen LogP contribution in [0.5, 0.6) is 0 Å². The van der Waals surface area contributed by atoms with Crippen molar-refractivity contribution in [2.24, 2.45) is 10.8 Å². The summed E-state index contributed by atoms with van der Waals surface area (Å²) >= 11 is 12.0. The molecule has 0 radical (unpaired) electrons. The van der Waals surface area contributed by atoms with Gasteiger partial charge >= 0.3 is 0 Å². The first-order chi connectivity index (χ1) is 9.46. The van der Waals surface area contributed by atoms with E-state index in [1.807, 2.05) is 27.7 Å². The van der Waals surface area contributed by atoms with Gasteiger partial charge in [-0.2, -0.15) is 0 Å². The SMILES string of the molecule is CC1(C)C(NS(=O)(=O)c2ccc(Cl)c(CO)c2Cl)C1(C)C. The van der Waals surface area contributed by atoms with Crippen LogP contribution in [0.1, 0.15) is 33.3 Å². The van der Waals surface area contributed by atoms with Gasteiger partial charge in [-0.05, 0) is 23.0 Å². The average Bonchev–Trinajstić information content (AvgIpc) is 2.71. The van der Waals surface area contributed by atoms with E-state index in [1.54, 1.807) is 0 Å². The van der Waals surface area contributed by atoms with Crippen LogP contribution >= 0.6 is 23.2 Å². The molecular formula is C14H19Cl2NO3S. The molecule has 1 saturated carbocycles. The monoisotopic (exact) mass is 351 g/mol. The second-order valence-corrected chi connectivity index (χ2v) is 8.96. The second-order valence-electron chi connectivity index (χ2n) is 6.49. The third-order valence-electron chi connectivity index (χ3n) is 4.89. The lowest BCUT2D eigenvalue weighted by Gasteiger charge is -2.12. The molecule has 1 aliphatic carbocycles. The number of aliphatic hydroxyl groups is 1. The molecule has 0 spiro atoms. The van der Waals surface area contributed by atoms with Crippen LogP contribution in [0, 0.1) is 10.8 Å². The van der Waals surface area contributed by atoms with Crippen LogP contribution in [0.3, 0.4) is 0 Å². The summed E-state index contributed by atoms with van der Waals surface area (Å²) in [6, 6.07) is 2.62. The van der Waals surface area contributed by atoms with E-state index in [-0.39, 0.29) is 37.4 Å². The average molecular weight is 352 g/mol. The molecule has 118 valence electrons. The summed E-state index contributed by atoms with van der Waals surface area (Å²) in [5.41, 5.74) is -0.0343. The predicted molar refractivity (Wildman–Crippen MR) is 84.1 cm³/mol. The van der Waals surface area contributed by atoms with Gasteiger partial charge in [0.1, 0.15) is 4.90 Å². The van der Waals surface area contributed by atoms with Crippen molar-refractivity contribution >= 4 is 33.2 Å². The molecule has 4 nitrogen and oxygen atoms in total. The number of rotatable bonds is 4. The Kier molecular flexibility index (Phi) is 4.14. The van der Waals surface area contributed by atoms with Crippen LogP contribution in [0.15, 0.2) is 17.0 Å². The van der Waals surface area contributed by atoms with E-state index >= 15 is 0 Å². The number of hydrogen-bond acceptors (Lipinski definition) is 3. The molecule has 0 bridgehead atoms. The second kappa shape index (κ2) is 5.10. The van der Waals surface area contributed by atoms with E-state index in [4.69, 9.17) is 23.2 Å². The van der Waals surface area contributed by atoms with Gasteiger partial charge < -0.3 is 5.11 Å². The van der Waals surface area contributed by atoms with Gasteiger partial charge in [0.05, 0.1) is 11.6 Å². The van der Waals surface area contributed by atoms with Gasteiger partial charge in [-0.15, -0.1) is 0 Å². The molecule has 1 aromatic carbocycles. The number of halogens is 2. The van der Waals surface area contributed by atoms with Crippen molar-refractivity contribution in [2.45, 2.75) is 45.2 Å². The number of sulfonamides is 1. The molecule has 0 unspecified atom stereocenters. The molecule has 1 aromatic rings. The van der Waals surface area contributed by atoms with Gasteiger partial charge in [0.25, 0.3) is 0 Å². The van der Waals surface area contributed by atoms with Crippen molar-refractivity contribution in [1.29, 1.82) is 0 Å². The predicted octanol–water partition coefficient (Wildman–Crippen LogP) is 3.20. The Labute approximate surface area is 135 Å². The highest BCUT2D eigenvalue weighted by Gasteiger charge is 2.66. The smallest absolute Gasteiger partial charge is 0.242 e. The van der Waals surface area contributed by atoms with Crippen LogP contribution < -0.4 is 4.72 Å². The van der Waals surface area contributed by atoms with E-state index in [1.165, 1.54) is 12.1 Å². The maximum absolute atomic E-state index is 12.5. The fraction of sp³-hybridized carbons (Fsp3) is 0.571.